The highest BCUT2D eigenvalue weighted by atomic mass is 32.2. The molecular weight excluding hydrogens is 230 g/mol. The van der Waals surface area contributed by atoms with Crippen LogP contribution in [0.2, 0.25) is 0 Å². The van der Waals surface area contributed by atoms with Crippen molar-refractivity contribution in [3.8, 4) is 0 Å². The minimum atomic E-state index is -0.985. The fourth-order valence-corrected chi connectivity index (χ4v) is 2.16. The average Bonchev–Trinajstić information content (AvgIpc) is 2.14. The van der Waals surface area contributed by atoms with Crippen LogP contribution in [-0.4, -0.2) is 53.2 Å². The van der Waals surface area contributed by atoms with Crippen molar-refractivity contribution in [1.29, 1.82) is 0 Å². The predicted molar refractivity (Wildman–Crippen MR) is 65.1 cm³/mol. The summed E-state index contributed by atoms with van der Waals surface area (Å²) in [6.45, 7) is 4.79. The molecule has 0 saturated carbocycles. The highest BCUT2D eigenvalue weighted by Gasteiger charge is 2.19. The van der Waals surface area contributed by atoms with Crippen molar-refractivity contribution < 1.29 is 19.7 Å². The zero-order chi connectivity index (χ0) is 12.4. The topological polar surface area (TPSA) is 78.8 Å². The first-order valence-corrected chi connectivity index (χ1v) is 6.41. The van der Waals surface area contributed by atoms with Gasteiger partial charge < -0.3 is 20.3 Å². The summed E-state index contributed by atoms with van der Waals surface area (Å²) in [4.78, 5) is 10.5. The van der Waals surface area contributed by atoms with E-state index in [4.69, 9.17) is 14.9 Å². The predicted octanol–water partition coefficient (Wildman–Crippen LogP) is 1.16. The van der Waals surface area contributed by atoms with Gasteiger partial charge in [-0.15, -0.1) is 0 Å². The summed E-state index contributed by atoms with van der Waals surface area (Å²) < 4.78 is 5.10. The molecular formula is C10H21NO4S. The van der Waals surface area contributed by atoms with Crippen LogP contribution in [-0.2, 0) is 4.74 Å². The van der Waals surface area contributed by atoms with Crippen molar-refractivity contribution in [2.24, 2.45) is 0 Å². The number of carboxylic acid groups (broad SMARTS) is 1. The Morgan fingerprint density at radius 2 is 2.06 bits per heavy atom. The molecule has 0 radical (unpaired) electrons. The third-order valence-corrected chi connectivity index (χ3v) is 2.87. The number of aliphatic hydroxyl groups excluding tert-OH is 1. The largest absolute Gasteiger partial charge is 0.465 e. The van der Waals surface area contributed by atoms with E-state index in [1.165, 1.54) is 0 Å². The molecule has 0 aromatic heterocycles. The molecule has 5 nitrogen and oxygen atoms in total. The number of hydrogen-bond donors (Lipinski definition) is 3. The quantitative estimate of drug-likeness (QED) is 0.536. The first-order valence-electron chi connectivity index (χ1n) is 5.25. The van der Waals surface area contributed by atoms with Gasteiger partial charge in [-0.25, -0.2) is 4.79 Å². The number of thioether (sulfide) groups is 1. The van der Waals surface area contributed by atoms with E-state index in [2.05, 4.69) is 5.32 Å². The van der Waals surface area contributed by atoms with Gasteiger partial charge in [0.2, 0.25) is 0 Å². The van der Waals surface area contributed by atoms with Crippen LogP contribution in [0.25, 0.3) is 0 Å². The molecule has 0 atom stereocenters. The molecule has 0 spiro atoms. The van der Waals surface area contributed by atoms with Crippen LogP contribution in [0.4, 0.5) is 4.79 Å². The van der Waals surface area contributed by atoms with Gasteiger partial charge >= 0.3 is 6.09 Å². The summed E-state index contributed by atoms with van der Waals surface area (Å²) in [6, 6.07) is 0. The zero-order valence-corrected chi connectivity index (χ0v) is 10.7. The van der Waals surface area contributed by atoms with Gasteiger partial charge in [0.1, 0.15) is 0 Å². The van der Waals surface area contributed by atoms with E-state index in [-0.39, 0.29) is 12.1 Å². The molecule has 0 bridgehead atoms. The van der Waals surface area contributed by atoms with E-state index >= 15 is 0 Å². The summed E-state index contributed by atoms with van der Waals surface area (Å²) in [5, 5.41) is 19.5. The molecule has 3 N–H and O–H groups in total. The maximum absolute atomic E-state index is 10.5. The number of amides is 1. The molecule has 0 aliphatic carbocycles. The number of ether oxygens (including phenoxy) is 1. The molecule has 0 saturated heterocycles. The number of carbonyl (C=O) groups is 1. The molecule has 0 rings (SSSR count). The lowest BCUT2D eigenvalue weighted by Gasteiger charge is -2.24. The second-order valence-corrected chi connectivity index (χ2v) is 5.24. The standard InChI is InChI=1S/C10H21NO4S/c1-10(2,11-9(13)14)3-7-16-8-6-15-5-4-12/h11-12H,3-8H2,1-2H3,(H,13,14). The highest BCUT2D eigenvalue weighted by molar-refractivity contribution is 7.99. The average molecular weight is 251 g/mol. The zero-order valence-electron chi connectivity index (χ0n) is 9.86. The Balaban J connectivity index is 3.39. The molecule has 0 fully saturated rings. The lowest BCUT2D eigenvalue weighted by molar-refractivity contribution is 0.103. The van der Waals surface area contributed by atoms with Crippen LogP contribution >= 0.6 is 11.8 Å². The van der Waals surface area contributed by atoms with Crippen LogP contribution in [0, 0.1) is 0 Å². The van der Waals surface area contributed by atoms with Crippen LogP contribution in [0.3, 0.4) is 0 Å². The Morgan fingerprint density at radius 3 is 2.62 bits per heavy atom. The van der Waals surface area contributed by atoms with Gasteiger partial charge in [0.25, 0.3) is 0 Å². The van der Waals surface area contributed by atoms with Crippen LogP contribution < -0.4 is 5.32 Å². The van der Waals surface area contributed by atoms with Crippen molar-refractivity contribution in [3.05, 3.63) is 0 Å². The number of aliphatic hydroxyl groups is 1. The Labute approximate surface area is 101 Å². The van der Waals surface area contributed by atoms with Crippen molar-refractivity contribution in [3.63, 3.8) is 0 Å². The van der Waals surface area contributed by atoms with E-state index in [9.17, 15) is 4.79 Å². The SMILES string of the molecule is CC(C)(CCSCCOCCO)NC(=O)O. The monoisotopic (exact) mass is 251 g/mol. The number of nitrogens with one attached hydrogen (secondary N) is 1. The van der Waals surface area contributed by atoms with Gasteiger partial charge in [0.05, 0.1) is 19.8 Å². The van der Waals surface area contributed by atoms with Crippen molar-refractivity contribution in [2.45, 2.75) is 25.8 Å². The normalized spacial score (nSPS) is 11.4. The van der Waals surface area contributed by atoms with E-state index in [1.54, 1.807) is 11.8 Å². The van der Waals surface area contributed by atoms with Crippen molar-refractivity contribution in [2.75, 3.05) is 31.3 Å². The lowest BCUT2D eigenvalue weighted by atomic mass is 10.0. The van der Waals surface area contributed by atoms with Crippen molar-refractivity contribution >= 4 is 17.9 Å². The molecule has 0 aliphatic heterocycles. The lowest BCUT2D eigenvalue weighted by Crippen LogP contribution is -2.43. The fourth-order valence-electron chi connectivity index (χ4n) is 1.07. The maximum Gasteiger partial charge on any atom is 0.405 e. The van der Waals surface area contributed by atoms with E-state index < -0.39 is 6.09 Å². The highest BCUT2D eigenvalue weighted by Crippen LogP contribution is 2.13. The molecule has 0 unspecified atom stereocenters. The van der Waals surface area contributed by atoms with Gasteiger partial charge in [-0.1, -0.05) is 0 Å². The second-order valence-electron chi connectivity index (χ2n) is 4.01. The minimum Gasteiger partial charge on any atom is -0.465 e. The molecule has 0 aliphatic rings. The Hall–Kier alpha value is -0.460. The Morgan fingerprint density at radius 1 is 1.38 bits per heavy atom. The molecule has 1 amide bonds. The summed E-state index contributed by atoms with van der Waals surface area (Å²) in [5.74, 6) is 1.75. The van der Waals surface area contributed by atoms with Gasteiger partial charge in [0, 0.05) is 11.3 Å². The summed E-state index contributed by atoms with van der Waals surface area (Å²) in [5.41, 5.74) is -0.384. The Kier molecular flexibility index (Phi) is 8.42. The third-order valence-electron chi connectivity index (χ3n) is 1.92. The van der Waals surface area contributed by atoms with Gasteiger partial charge in [0.15, 0.2) is 0 Å². The smallest absolute Gasteiger partial charge is 0.405 e. The molecule has 0 aromatic carbocycles. The molecule has 96 valence electrons. The Bertz CT molecular complexity index is 199. The van der Waals surface area contributed by atoms with Gasteiger partial charge in [-0.2, -0.15) is 11.8 Å². The van der Waals surface area contributed by atoms with E-state index in [1.807, 2.05) is 13.8 Å². The number of hydrogen-bond acceptors (Lipinski definition) is 4. The van der Waals surface area contributed by atoms with Crippen LogP contribution in [0.15, 0.2) is 0 Å². The first-order chi connectivity index (χ1) is 7.48. The minimum absolute atomic E-state index is 0.0558. The molecule has 6 heteroatoms. The summed E-state index contributed by atoms with van der Waals surface area (Å²) in [7, 11) is 0. The summed E-state index contributed by atoms with van der Waals surface area (Å²) >= 11 is 1.72. The van der Waals surface area contributed by atoms with Crippen LogP contribution in [0.5, 0.6) is 0 Å². The first kappa shape index (κ1) is 15.5. The van der Waals surface area contributed by atoms with Crippen molar-refractivity contribution in [1.82, 2.24) is 5.32 Å². The maximum atomic E-state index is 10.5. The number of rotatable bonds is 9. The van der Waals surface area contributed by atoms with Gasteiger partial charge in [-0.05, 0) is 26.0 Å². The molecule has 0 heterocycles. The van der Waals surface area contributed by atoms with Crippen LogP contribution in [0.1, 0.15) is 20.3 Å². The fraction of sp³-hybridized carbons (Fsp3) is 0.900. The summed E-state index contributed by atoms with van der Waals surface area (Å²) in [6.07, 6.45) is -0.203. The molecule has 16 heavy (non-hydrogen) atoms. The van der Waals surface area contributed by atoms with Gasteiger partial charge in [-0.3, -0.25) is 0 Å². The third kappa shape index (κ3) is 10.1. The van der Waals surface area contributed by atoms with E-state index in [0.717, 1.165) is 17.9 Å². The second kappa shape index (κ2) is 8.66. The molecule has 0 aromatic rings. The van der Waals surface area contributed by atoms with E-state index in [0.29, 0.717) is 13.2 Å².